The predicted molar refractivity (Wildman–Crippen MR) is 104 cm³/mol. The van der Waals surface area contributed by atoms with Gasteiger partial charge in [-0.05, 0) is 56.1 Å². The van der Waals surface area contributed by atoms with Crippen LogP contribution in [-0.2, 0) is 11.2 Å². The van der Waals surface area contributed by atoms with Crippen LogP contribution in [0.1, 0.15) is 36.4 Å². The Kier molecular flexibility index (Phi) is 6.98. The van der Waals surface area contributed by atoms with Gasteiger partial charge in [-0.3, -0.25) is 9.69 Å². The molecule has 2 aromatic carbocycles. The summed E-state index contributed by atoms with van der Waals surface area (Å²) in [6.07, 6.45) is 2.89. The van der Waals surface area contributed by atoms with E-state index < -0.39 is 11.6 Å². The van der Waals surface area contributed by atoms with Crippen LogP contribution in [0.4, 0.5) is 8.78 Å². The number of carbonyl (C=O) groups is 1. The van der Waals surface area contributed by atoms with Crippen LogP contribution in [0.15, 0.2) is 42.5 Å². The highest BCUT2D eigenvalue weighted by molar-refractivity contribution is 5.76. The number of halogens is 2. The number of nitrogens with zero attached hydrogens (tertiary/aromatic N) is 1. The normalized spacial score (nSPS) is 15.4. The van der Waals surface area contributed by atoms with E-state index in [1.807, 2.05) is 24.3 Å². The van der Waals surface area contributed by atoms with Gasteiger partial charge < -0.3 is 10.1 Å². The van der Waals surface area contributed by atoms with Gasteiger partial charge in [-0.25, -0.2) is 8.78 Å². The molecule has 1 atom stereocenters. The van der Waals surface area contributed by atoms with Crippen molar-refractivity contribution < 1.29 is 18.3 Å². The summed E-state index contributed by atoms with van der Waals surface area (Å²) in [4.78, 5) is 14.7. The van der Waals surface area contributed by atoms with E-state index in [2.05, 4.69) is 10.2 Å². The first-order chi connectivity index (χ1) is 13.6. The summed E-state index contributed by atoms with van der Waals surface area (Å²) in [5, 5.41) is 3.00. The van der Waals surface area contributed by atoms with Crippen LogP contribution in [-0.4, -0.2) is 37.6 Å². The number of para-hydroxylation sites is 1. The SMILES string of the molecule is COc1ccccc1C(CNC(=O)CCc1ccc(F)c(F)c1)N1CCCC1. The van der Waals surface area contributed by atoms with Gasteiger partial charge in [0.05, 0.1) is 13.2 Å². The molecule has 1 saturated heterocycles. The van der Waals surface area contributed by atoms with Crippen molar-refractivity contribution in [3.05, 3.63) is 65.2 Å². The van der Waals surface area contributed by atoms with Gasteiger partial charge in [0.1, 0.15) is 5.75 Å². The second-order valence-corrected chi connectivity index (χ2v) is 7.05. The van der Waals surface area contributed by atoms with Crippen LogP contribution < -0.4 is 10.1 Å². The Balaban J connectivity index is 1.61. The fraction of sp³-hybridized carbons (Fsp3) is 0.409. The van der Waals surface area contributed by atoms with Crippen LogP contribution >= 0.6 is 0 Å². The lowest BCUT2D eigenvalue weighted by Crippen LogP contribution is -2.37. The highest BCUT2D eigenvalue weighted by atomic mass is 19.2. The highest BCUT2D eigenvalue weighted by Crippen LogP contribution is 2.31. The second kappa shape index (κ2) is 9.64. The minimum Gasteiger partial charge on any atom is -0.496 e. The van der Waals surface area contributed by atoms with E-state index in [0.29, 0.717) is 18.5 Å². The fourth-order valence-corrected chi connectivity index (χ4v) is 3.68. The molecule has 1 fully saturated rings. The van der Waals surface area contributed by atoms with Gasteiger partial charge in [0, 0.05) is 18.5 Å². The molecule has 0 spiro atoms. The molecule has 6 heteroatoms. The highest BCUT2D eigenvalue weighted by Gasteiger charge is 2.26. The van der Waals surface area contributed by atoms with Crippen LogP contribution in [0.2, 0.25) is 0 Å². The molecule has 1 N–H and O–H groups in total. The van der Waals surface area contributed by atoms with E-state index in [1.165, 1.54) is 6.07 Å². The molecule has 1 amide bonds. The number of benzene rings is 2. The predicted octanol–water partition coefficient (Wildman–Crippen LogP) is 3.86. The van der Waals surface area contributed by atoms with Crippen LogP contribution in [0.3, 0.4) is 0 Å². The monoisotopic (exact) mass is 388 g/mol. The summed E-state index contributed by atoms with van der Waals surface area (Å²) in [5.41, 5.74) is 1.67. The molecule has 150 valence electrons. The van der Waals surface area contributed by atoms with Crippen LogP contribution in [0, 0.1) is 11.6 Å². The molecule has 3 rings (SSSR count). The van der Waals surface area contributed by atoms with Crippen LogP contribution in [0.5, 0.6) is 5.75 Å². The molecular formula is C22H26F2N2O2. The molecule has 1 heterocycles. The number of ether oxygens (including phenoxy) is 1. The fourth-order valence-electron chi connectivity index (χ4n) is 3.68. The van der Waals surface area contributed by atoms with Gasteiger partial charge >= 0.3 is 0 Å². The molecule has 0 bridgehead atoms. The third-order valence-electron chi connectivity index (χ3n) is 5.20. The lowest BCUT2D eigenvalue weighted by Gasteiger charge is -2.29. The zero-order valence-corrected chi connectivity index (χ0v) is 16.1. The number of likely N-dealkylation sites (tertiary alicyclic amines) is 1. The lowest BCUT2D eigenvalue weighted by atomic mass is 10.0. The van der Waals surface area contributed by atoms with E-state index in [0.717, 1.165) is 49.4 Å². The molecule has 0 aliphatic carbocycles. The van der Waals surface area contributed by atoms with Crippen molar-refractivity contribution >= 4 is 5.91 Å². The Bertz CT molecular complexity index is 807. The minimum absolute atomic E-state index is 0.0471. The van der Waals surface area contributed by atoms with Crippen molar-refractivity contribution in [3.63, 3.8) is 0 Å². The summed E-state index contributed by atoms with van der Waals surface area (Å²) in [5.74, 6) is -1.05. The number of hydrogen-bond acceptors (Lipinski definition) is 3. The molecule has 1 unspecified atom stereocenters. The molecule has 4 nitrogen and oxygen atoms in total. The number of amides is 1. The number of methoxy groups -OCH3 is 1. The van der Waals surface area contributed by atoms with Crippen molar-refractivity contribution in [2.45, 2.75) is 31.7 Å². The van der Waals surface area contributed by atoms with E-state index in [1.54, 1.807) is 7.11 Å². The van der Waals surface area contributed by atoms with Gasteiger partial charge in [-0.15, -0.1) is 0 Å². The molecule has 0 saturated carbocycles. The summed E-state index contributed by atoms with van der Waals surface area (Å²) < 4.78 is 31.8. The van der Waals surface area contributed by atoms with Crippen molar-refractivity contribution in [3.8, 4) is 5.75 Å². The molecule has 2 aromatic rings. The summed E-state index contributed by atoms with van der Waals surface area (Å²) in [6.45, 7) is 2.47. The number of carbonyl (C=O) groups excluding carboxylic acids is 1. The van der Waals surface area contributed by atoms with Gasteiger partial charge in [0.2, 0.25) is 5.91 Å². The number of nitrogens with one attached hydrogen (secondary N) is 1. The number of rotatable bonds is 8. The Morgan fingerprint density at radius 2 is 1.89 bits per heavy atom. The maximum atomic E-state index is 13.3. The Labute approximate surface area is 164 Å². The van der Waals surface area contributed by atoms with E-state index in [4.69, 9.17) is 4.74 Å². The van der Waals surface area contributed by atoms with Gasteiger partial charge in [0.25, 0.3) is 0 Å². The third kappa shape index (κ3) is 5.07. The summed E-state index contributed by atoms with van der Waals surface area (Å²) >= 11 is 0. The first-order valence-electron chi connectivity index (χ1n) is 9.66. The smallest absolute Gasteiger partial charge is 0.220 e. The van der Waals surface area contributed by atoms with E-state index >= 15 is 0 Å². The van der Waals surface area contributed by atoms with Crippen molar-refractivity contribution in [2.24, 2.45) is 0 Å². The van der Waals surface area contributed by atoms with Crippen LogP contribution in [0.25, 0.3) is 0 Å². The van der Waals surface area contributed by atoms with E-state index in [-0.39, 0.29) is 18.4 Å². The maximum absolute atomic E-state index is 13.3. The molecule has 1 aliphatic rings. The van der Waals surface area contributed by atoms with Crippen molar-refractivity contribution in [1.82, 2.24) is 10.2 Å². The average molecular weight is 388 g/mol. The van der Waals surface area contributed by atoms with Gasteiger partial charge in [-0.2, -0.15) is 0 Å². The maximum Gasteiger partial charge on any atom is 0.220 e. The Morgan fingerprint density at radius 3 is 2.61 bits per heavy atom. The number of hydrogen-bond donors (Lipinski definition) is 1. The first-order valence-corrected chi connectivity index (χ1v) is 9.66. The molecule has 0 aromatic heterocycles. The number of aryl methyl sites for hydroxylation is 1. The summed E-state index contributed by atoms with van der Waals surface area (Å²) in [7, 11) is 1.65. The Morgan fingerprint density at radius 1 is 1.14 bits per heavy atom. The molecule has 1 aliphatic heterocycles. The summed E-state index contributed by atoms with van der Waals surface area (Å²) in [6, 6.07) is 11.7. The topological polar surface area (TPSA) is 41.6 Å². The van der Waals surface area contributed by atoms with Gasteiger partial charge in [0.15, 0.2) is 11.6 Å². The lowest BCUT2D eigenvalue weighted by molar-refractivity contribution is -0.121. The van der Waals surface area contributed by atoms with Gasteiger partial charge in [-0.1, -0.05) is 24.3 Å². The van der Waals surface area contributed by atoms with E-state index in [9.17, 15) is 13.6 Å². The van der Waals surface area contributed by atoms with Crippen molar-refractivity contribution in [1.29, 1.82) is 0 Å². The largest absolute Gasteiger partial charge is 0.496 e. The zero-order chi connectivity index (χ0) is 19.9. The third-order valence-corrected chi connectivity index (χ3v) is 5.20. The first kappa shape index (κ1) is 20.3. The zero-order valence-electron chi connectivity index (χ0n) is 16.1. The Hall–Kier alpha value is -2.47. The second-order valence-electron chi connectivity index (χ2n) is 7.05. The van der Waals surface area contributed by atoms with Crippen molar-refractivity contribution in [2.75, 3.05) is 26.7 Å². The molecular weight excluding hydrogens is 362 g/mol. The molecule has 28 heavy (non-hydrogen) atoms. The standard InChI is InChI=1S/C22H26F2N2O2/c1-28-21-7-3-2-6-17(21)20(26-12-4-5-13-26)15-25-22(27)11-9-16-8-10-18(23)19(24)14-16/h2-3,6-8,10,14,20H,4-5,9,11-13,15H2,1H3,(H,25,27). The minimum atomic E-state index is -0.886. The quantitative estimate of drug-likeness (QED) is 0.747. The molecule has 0 radical (unpaired) electrons. The average Bonchev–Trinajstić information content (AvgIpc) is 3.24.